The number of nitrogens with zero attached hydrogens (tertiary/aromatic N) is 5. The first-order valence-corrected chi connectivity index (χ1v) is 11.8. The molecule has 0 saturated carbocycles. The monoisotopic (exact) mass is 470 g/mol. The molecule has 1 aromatic heterocycles. The summed E-state index contributed by atoms with van der Waals surface area (Å²) in [5.41, 5.74) is 10.2. The van der Waals surface area contributed by atoms with E-state index in [4.69, 9.17) is 0 Å². The Morgan fingerprint density at radius 2 is 1.72 bits per heavy atom. The highest BCUT2D eigenvalue weighted by Gasteiger charge is 2.13. The number of fused-ring (bicyclic) bond motifs is 1. The van der Waals surface area contributed by atoms with E-state index in [1.165, 1.54) is 16.7 Å². The predicted octanol–water partition coefficient (Wildman–Crippen LogP) is 6.51. The lowest BCUT2D eigenvalue weighted by atomic mass is 10.0. The molecule has 6 heteroatoms. The molecular weight excluding hydrogens is 444 g/mol. The minimum absolute atomic E-state index is 0.533. The Kier molecular flexibility index (Phi) is 6.55. The molecule has 0 atom stereocenters. The van der Waals surface area contributed by atoms with Crippen molar-refractivity contribution < 1.29 is 0 Å². The largest absolute Gasteiger partial charge is 0.349 e. The van der Waals surface area contributed by atoms with Crippen LogP contribution in [-0.2, 0) is 6.54 Å². The van der Waals surface area contributed by atoms with Crippen LogP contribution in [0.15, 0.2) is 101 Å². The Morgan fingerprint density at radius 3 is 2.50 bits per heavy atom. The van der Waals surface area contributed by atoms with Gasteiger partial charge in [-0.25, -0.2) is 0 Å². The summed E-state index contributed by atoms with van der Waals surface area (Å²) in [5.74, 6) is 0.586. The van der Waals surface area contributed by atoms with Crippen LogP contribution in [0.3, 0.4) is 0 Å². The first-order valence-electron chi connectivity index (χ1n) is 11.8. The average molecular weight is 471 g/mol. The molecule has 36 heavy (non-hydrogen) atoms. The van der Waals surface area contributed by atoms with E-state index in [0.29, 0.717) is 24.4 Å². The maximum absolute atomic E-state index is 9.52. The van der Waals surface area contributed by atoms with Crippen LogP contribution >= 0.6 is 0 Å². The highest BCUT2D eigenvalue weighted by Crippen LogP contribution is 2.30. The molecule has 1 aliphatic rings. The van der Waals surface area contributed by atoms with Gasteiger partial charge in [-0.15, -0.1) is 10.2 Å². The molecule has 0 spiro atoms. The van der Waals surface area contributed by atoms with Crippen molar-refractivity contribution in [3.63, 3.8) is 0 Å². The van der Waals surface area contributed by atoms with Crippen molar-refractivity contribution in [2.24, 2.45) is 5.10 Å². The number of rotatable bonds is 6. The topological polar surface area (TPSA) is 77.2 Å². The van der Waals surface area contributed by atoms with E-state index in [0.717, 1.165) is 27.6 Å². The number of benzene rings is 3. The average Bonchev–Trinajstić information content (AvgIpc) is 2.91. The quantitative estimate of drug-likeness (QED) is 0.257. The van der Waals surface area contributed by atoms with Crippen LogP contribution in [0, 0.1) is 25.2 Å². The molecule has 2 heterocycles. The number of allylic oxidation sites excluding steroid dienone is 2. The highest BCUT2D eigenvalue weighted by atomic mass is 15.3. The van der Waals surface area contributed by atoms with Crippen molar-refractivity contribution in [3.8, 4) is 17.3 Å². The van der Waals surface area contributed by atoms with Gasteiger partial charge < -0.3 is 4.90 Å². The summed E-state index contributed by atoms with van der Waals surface area (Å²) in [6.45, 7) is 4.89. The number of hydrogen-bond acceptors (Lipinski definition) is 6. The third-order valence-corrected chi connectivity index (χ3v) is 6.27. The maximum Gasteiger partial charge on any atom is 0.176 e. The Morgan fingerprint density at radius 1 is 0.944 bits per heavy atom. The lowest BCUT2D eigenvalue weighted by molar-refractivity contribution is 0.487. The van der Waals surface area contributed by atoms with Crippen molar-refractivity contribution in [3.05, 3.63) is 113 Å². The molecule has 6 nitrogen and oxygen atoms in total. The fourth-order valence-corrected chi connectivity index (χ4v) is 4.26. The zero-order chi connectivity index (χ0) is 24.9. The van der Waals surface area contributed by atoms with Crippen molar-refractivity contribution in [1.82, 2.24) is 15.1 Å². The maximum atomic E-state index is 9.52. The molecular formula is C30H26N6. The number of hydrogen-bond donors (Lipinski definition) is 1. The second-order valence-electron chi connectivity index (χ2n) is 8.92. The Labute approximate surface area is 210 Å². The molecule has 0 bridgehead atoms. The lowest BCUT2D eigenvalue weighted by Gasteiger charge is -2.21. The SMILES string of the molecule is Cc1ccc(-c2nnc(NN=CC3=CN(Cc4ccccc4)C=C(C#N)C3)c3ccccc23)cc1C. The van der Waals surface area contributed by atoms with Gasteiger partial charge in [-0.05, 0) is 42.2 Å². The number of anilines is 1. The summed E-state index contributed by atoms with van der Waals surface area (Å²) in [4.78, 5) is 2.02. The summed E-state index contributed by atoms with van der Waals surface area (Å²) >= 11 is 0. The summed E-state index contributed by atoms with van der Waals surface area (Å²) in [6, 6.07) is 26.9. The molecule has 0 aliphatic carbocycles. The van der Waals surface area contributed by atoms with Gasteiger partial charge in [0.2, 0.25) is 0 Å². The summed E-state index contributed by atoms with van der Waals surface area (Å²) in [5, 5.41) is 24.9. The van der Waals surface area contributed by atoms with Crippen LogP contribution < -0.4 is 5.43 Å². The lowest BCUT2D eigenvalue weighted by Crippen LogP contribution is -2.15. The standard InChI is InChI=1S/C30H26N6/c1-21-12-13-26(14-22(21)2)29-27-10-6-7-11-28(27)30(35-33-29)34-32-17-25-15-24(16-31)19-36(20-25)18-23-8-4-3-5-9-23/h3-14,17,19-20H,15,18H2,1-2H3,(H,34,35). The number of nitrogens with one attached hydrogen (secondary N) is 1. The van der Waals surface area contributed by atoms with E-state index in [1.54, 1.807) is 6.21 Å². The van der Waals surface area contributed by atoms with E-state index >= 15 is 0 Å². The number of aromatic nitrogens is 2. The fourth-order valence-electron chi connectivity index (χ4n) is 4.26. The van der Waals surface area contributed by atoms with Crippen molar-refractivity contribution >= 4 is 22.8 Å². The van der Waals surface area contributed by atoms with E-state index in [9.17, 15) is 5.26 Å². The van der Waals surface area contributed by atoms with E-state index in [2.05, 4.69) is 77.0 Å². The summed E-state index contributed by atoms with van der Waals surface area (Å²) in [6.07, 6.45) is 6.19. The van der Waals surface area contributed by atoms with E-state index < -0.39 is 0 Å². The summed E-state index contributed by atoms with van der Waals surface area (Å²) < 4.78 is 0. The molecule has 3 aromatic carbocycles. The highest BCUT2D eigenvalue weighted by molar-refractivity contribution is 6.00. The Bertz CT molecular complexity index is 1540. The minimum Gasteiger partial charge on any atom is -0.349 e. The molecule has 0 amide bonds. The molecule has 0 radical (unpaired) electrons. The summed E-state index contributed by atoms with van der Waals surface area (Å²) in [7, 11) is 0. The first kappa shape index (κ1) is 23.0. The zero-order valence-corrected chi connectivity index (χ0v) is 20.3. The smallest absolute Gasteiger partial charge is 0.176 e. The zero-order valence-electron chi connectivity index (χ0n) is 20.3. The number of aryl methyl sites for hydroxylation is 2. The van der Waals surface area contributed by atoms with E-state index in [1.807, 2.05) is 53.7 Å². The van der Waals surface area contributed by atoms with Gasteiger partial charge in [-0.1, -0.05) is 66.7 Å². The van der Waals surface area contributed by atoms with Crippen molar-refractivity contribution in [2.45, 2.75) is 26.8 Å². The Balaban J connectivity index is 1.38. The second-order valence-corrected chi connectivity index (χ2v) is 8.92. The van der Waals surface area contributed by atoms with Crippen molar-refractivity contribution in [2.75, 3.05) is 5.43 Å². The van der Waals surface area contributed by atoms with Gasteiger partial charge in [0, 0.05) is 41.7 Å². The number of nitriles is 1. The molecule has 1 N–H and O–H groups in total. The molecule has 1 aliphatic heterocycles. The minimum atomic E-state index is 0.533. The van der Waals surface area contributed by atoms with Gasteiger partial charge in [0.05, 0.1) is 17.9 Å². The normalized spacial score (nSPS) is 13.4. The van der Waals surface area contributed by atoms with Crippen LogP contribution in [0.2, 0.25) is 0 Å². The molecule has 5 rings (SSSR count). The second kappa shape index (κ2) is 10.2. The van der Waals surface area contributed by atoms with Gasteiger partial charge in [0.1, 0.15) is 5.69 Å². The van der Waals surface area contributed by atoms with Gasteiger partial charge >= 0.3 is 0 Å². The third-order valence-electron chi connectivity index (χ3n) is 6.27. The molecule has 4 aromatic rings. The molecule has 0 unspecified atom stereocenters. The molecule has 0 fully saturated rings. The predicted molar refractivity (Wildman–Crippen MR) is 145 cm³/mol. The van der Waals surface area contributed by atoms with Crippen molar-refractivity contribution in [1.29, 1.82) is 5.26 Å². The molecule has 176 valence electrons. The van der Waals surface area contributed by atoms with Gasteiger partial charge in [-0.3, -0.25) is 5.43 Å². The third kappa shape index (κ3) is 5.01. The van der Waals surface area contributed by atoms with Crippen LogP contribution in [0.4, 0.5) is 5.82 Å². The van der Waals surface area contributed by atoms with Gasteiger partial charge in [0.15, 0.2) is 5.82 Å². The number of hydrazone groups is 1. The van der Waals surface area contributed by atoms with Crippen LogP contribution in [0.5, 0.6) is 0 Å². The van der Waals surface area contributed by atoms with Crippen LogP contribution in [0.1, 0.15) is 23.1 Å². The van der Waals surface area contributed by atoms with Gasteiger partial charge in [0.25, 0.3) is 0 Å². The molecule has 0 saturated heterocycles. The first-order chi connectivity index (χ1) is 17.6. The van der Waals surface area contributed by atoms with Gasteiger partial charge in [-0.2, -0.15) is 10.4 Å². The van der Waals surface area contributed by atoms with Crippen LogP contribution in [0.25, 0.3) is 22.0 Å². The fraction of sp³-hybridized carbons (Fsp3) is 0.133. The van der Waals surface area contributed by atoms with E-state index in [-0.39, 0.29) is 0 Å². The van der Waals surface area contributed by atoms with Crippen LogP contribution in [-0.4, -0.2) is 21.3 Å². The Hall–Kier alpha value is -4.76.